The third-order valence-corrected chi connectivity index (χ3v) is 4.06. The number of carbonyl (C=O) groups excluding carboxylic acids is 1. The van der Waals surface area contributed by atoms with Crippen LogP contribution in [-0.4, -0.2) is 12.5 Å². The second-order valence-electron chi connectivity index (χ2n) is 5.06. The van der Waals surface area contributed by atoms with Crippen LogP contribution < -0.4 is 10.1 Å². The van der Waals surface area contributed by atoms with Gasteiger partial charge in [-0.05, 0) is 53.5 Å². The summed E-state index contributed by atoms with van der Waals surface area (Å²) in [5.74, 6) is 0.414. The molecule has 0 radical (unpaired) electrons. The molecule has 116 valence electrons. The molecule has 0 bridgehead atoms. The van der Waals surface area contributed by atoms with E-state index in [0.29, 0.717) is 10.8 Å². The summed E-state index contributed by atoms with van der Waals surface area (Å²) >= 11 is 9.21. The number of aryl methyl sites for hydroxylation is 1. The van der Waals surface area contributed by atoms with Gasteiger partial charge in [-0.1, -0.05) is 41.4 Å². The average molecular weight is 383 g/mol. The van der Waals surface area contributed by atoms with Crippen LogP contribution >= 0.6 is 27.5 Å². The smallest absolute Gasteiger partial charge is 0.258 e. The minimum absolute atomic E-state index is 0.0452. The van der Waals surface area contributed by atoms with Crippen LogP contribution in [0.15, 0.2) is 46.9 Å². The summed E-state index contributed by atoms with van der Waals surface area (Å²) in [6, 6.07) is 13.2. The Morgan fingerprint density at radius 1 is 1.27 bits per heavy atom. The Labute approximate surface area is 143 Å². The standard InChI is InChI=1S/C17H17BrClNO2/c1-11-3-5-13(6-4-11)12(2)20-17(21)10-22-16-8-7-14(19)9-15(16)18/h3-9,12H,10H2,1-2H3,(H,20,21). The minimum Gasteiger partial charge on any atom is -0.483 e. The molecule has 5 heteroatoms. The Kier molecular flexibility index (Phi) is 5.86. The van der Waals surface area contributed by atoms with Gasteiger partial charge < -0.3 is 10.1 Å². The van der Waals surface area contributed by atoms with Crippen molar-refractivity contribution < 1.29 is 9.53 Å². The Balaban J connectivity index is 1.88. The number of halogens is 2. The molecular formula is C17H17BrClNO2. The Morgan fingerprint density at radius 3 is 2.59 bits per heavy atom. The number of ether oxygens (including phenoxy) is 1. The molecule has 0 saturated heterocycles. The summed E-state index contributed by atoms with van der Waals surface area (Å²) in [5, 5.41) is 3.52. The summed E-state index contributed by atoms with van der Waals surface area (Å²) in [7, 11) is 0. The molecular weight excluding hydrogens is 366 g/mol. The first-order valence-electron chi connectivity index (χ1n) is 6.89. The molecule has 0 aromatic heterocycles. The van der Waals surface area contributed by atoms with Crippen molar-refractivity contribution in [2.75, 3.05) is 6.61 Å². The Hall–Kier alpha value is -1.52. The third-order valence-electron chi connectivity index (χ3n) is 3.21. The molecule has 0 saturated carbocycles. The largest absolute Gasteiger partial charge is 0.483 e. The maximum atomic E-state index is 12.0. The van der Waals surface area contributed by atoms with E-state index in [1.54, 1.807) is 18.2 Å². The summed E-state index contributed by atoms with van der Waals surface area (Å²) < 4.78 is 6.21. The van der Waals surface area contributed by atoms with Crippen LogP contribution in [0.4, 0.5) is 0 Å². The van der Waals surface area contributed by atoms with Gasteiger partial charge in [0.1, 0.15) is 5.75 Å². The van der Waals surface area contributed by atoms with Crippen LogP contribution in [0.2, 0.25) is 5.02 Å². The predicted molar refractivity (Wildman–Crippen MR) is 92.4 cm³/mol. The highest BCUT2D eigenvalue weighted by Crippen LogP contribution is 2.27. The number of benzene rings is 2. The lowest BCUT2D eigenvalue weighted by Crippen LogP contribution is -2.31. The van der Waals surface area contributed by atoms with Crippen LogP contribution in [0.3, 0.4) is 0 Å². The average Bonchev–Trinajstić information content (AvgIpc) is 2.47. The first-order valence-corrected chi connectivity index (χ1v) is 8.06. The highest BCUT2D eigenvalue weighted by Gasteiger charge is 2.11. The number of amides is 1. The Bertz CT molecular complexity index is 658. The first-order chi connectivity index (χ1) is 10.5. The monoisotopic (exact) mass is 381 g/mol. The molecule has 22 heavy (non-hydrogen) atoms. The second-order valence-corrected chi connectivity index (χ2v) is 6.35. The van der Waals surface area contributed by atoms with Crippen molar-refractivity contribution in [2.45, 2.75) is 19.9 Å². The highest BCUT2D eigenvalue weighted by molar-refractivity contribution is 9.10. The molecule has 3 nitrogen and oxygen atoms in total. The molecule has 2 aromatic carbocycles. The van der Waals surface area contributed by atoms with E-state index in [-0.39, 0.29) is 18.6 Å². The zero-order chi connectivity index (χ0) is 16.1. The fourth-order valence-corrected chi connectivity index (χ4v) is 2.75. The molecule has 0 aliphatic carbocycles. The summed E-state index contributed by atoms with van der Waals surface area (Å²) in [6.07, 6.45) is 0. The van der Waals surface area contributed by atoms with E-state index in [0.717, 1.165) is 10.0 Å². The van der Waals surface area contributed by atoms with Crippen molar-refractivity contribution in [3.63, 3.8) is 0 Å². The molecule has 1 N–H and O–H groups in total. The van der Waals surface area contributed by atoms with Crippen molar-refractivity contribution in [1.82, 2.24) is 5.32 Å². The van der Waals surface area contributed by atoms with E-state index in [9.17, 15) is 4.79 Å². The first kappa shape index (κ1) is 16.8. The molecule has 2 rings (SSSR count). The lowest BCUT2D eigenvalue weighted by molar-refractivity contribution is -0.123. The van der Waals surface area contributed by atoms with Gasteiger partial charge in [0, 0.05) is 5.02 Å². The van der Waals surface area contributed by atoms with Crippen LogP contribution in [0, 0.1) is 6.92 Å². The zero-order valence-electron chi connectivity index (χ0n) is 12.4. The fourth-order valence-electron chi connectivity index (χ4n) is 1.96. The topological polar surface area (TPSA) is 38.3 Å². The third kappa shape index (κ3) is 4.75. The van der Waals surface area contributed by atoms with Gasteiger partial charge in [-0.3, -0.25) is 4.79 Å². The molecule has 0 aliphatic rings. The van der Waals surface area contributed by atoms with Crippen molar-refractivity contribution in [1.29, 1.82) is 0 Å². The molecule has 0 heterocycles. The van der Waals surface area contributed by atoms with Crippen molar-refractivity contribution in [2.24, 2.45) is 0 Å². The van der Waals surface area contributed by atoms with E-state index >= 15 is 0 Å². The summed E-state index contributed by atoms with van der Waals surface area (Å²) in [5.41, 5.74) is 2.25. The number of hydrogen-bond donors (Lipinski definition) is 1. The van der Waals surface area contributed by atoms with Crippen LogP contribution in [0.5, 0.6) is 5.75 Å². The maximum absolute atomic E-state index is 12.0. The minimum atomic E-state index is -0.171. The van der Waals surface area contributed by atoms with Crippen LogP contribution in [-0.2, 0) is 4.79 Å². The van der Waals surface area contributed by atoms with E-state index in [4.69, 9.17) is 16.3 Å². The van der Waals surface area contributed by atoms with Crippen molar-refractivity contribution >= 4 is 33.4 Å². The number of rotatable bonds is 5. The van der Waals surface area contributed by atoms with Gasteiger partial charge in [0.05, 0.1) is 10.5 Å². The number of carbonyl (C=O) groups is 1. The maximum Gasteiger partial charge on any atom is 0.258 e. The highest BCUT2D eigenvalue weighted by atomic mass is 79.9. The lowest BCUT2D eigenvalue weighted by Gasteiger charge is -2.15. The van der Waals surface area contributed by atoms with Gasteiger partial charge in [-0.15, -0.1) is 0 Å². The normalized spacial score (nSPS) is 11.8. The molecule has 0 spiro atoms. The van der Waals surface area contributed by atoms with Crippen molar-refractivity contribution in [3.05, 3.63) is 63.1 Å². The number of nitrogens with one attached hydrogen (secondary N) is 1. The van der Waals surface area contributed by atoms with Crippen LogP contribution in [0.1, 0.15) is 24.1 Å². The SMILES string of the molecule is Cc1ccc(C(C)NC(=O)COc2ccc(Cl)cc2Br)cc1. The van der Waals surface area contributed by atoms with Gasteiger partial charge >= 0.3 is 0 Å². The summed E-state index contributed by atoms with van der Waals surface area (Å²) in [6.45, 7) is 3.93. The van der Waals surface area contributed by atoms with Gasteiger partial charge in [-0.25, -0.2) is 0 Å². The zero-order valence-corrected chi connectivity index (χ0v) is 14.7. The molecule has 0 fully saturated rings. The Morgan fingerprint density at radius 2 is 1.95 bits per heavy atom. The molecule has 1 unspecified atom stereocenters. The molecule has 1 atom stereocenters. The van der Waals surface area contributed by atoms with E-state index in [1.165, 1.54) is 5.56 Å². The van der Waals surface area contributed by atoms with Crippen LogP contribution in [0.25, 0.3) is 0 Å². The molecule has 0 aliphatic heterocycles. The van der Waals surface area contributed by atoms with Gasteiger partial charge in [0.2, 0.25) is 0 Å². The van der Waals surface area contributed by atoms with Gasteiger partial charge in [-0.2, -0.15) is 0 Å². The number of hydrogen-bond acceptors (Lipinski definition) is 2. The van der Waals surface area contributed by atoms with Gasteiger partial charge in [0.25, 0.3) is 5.91 Å². The van der Waals surface area contributed by atoms with E-state index in [1.807, 2.05) is 38.1 Å². The lowest BCUT2D eigenvalue weighted by atomic mass is 10.1. The van der Waals surface area contributed by atoms with Crippen molar-refractivity contribution in [3.8, 4) is 5.75 Å². The molecule has 2 aromatic rings. The predicted octanol–water partition coefficient (Wildman–Crippen LogP) is 4.67. The molecule has 1 amide bonds. The van der Waals surface area contributed by atoms with E-state index < -0.39 is 0 Å². The van der Waals surface area contributed by atoms with E-state index in [2.05, 4.69) is 21.2 Å². The fraction of sp³-hybridized carbons (Fsp3) is 0.235. The van der Waals surface area contributed by atoms with Gasteiger partial charge in [0.15, 0.2) is 6.61 Å². The quantitative estimate of drug-likeness (QED) is 0.816. The summed E-state index contributed by atoms with van der Waals surface area (Å²) in [4.78, 5) is 12.0. The second kappa shape index (κ2) is 7.65.